The molecule has 1 aromatic carbocycles. The Balaban J connectivity index is 2.55. The Kier molecular flexibility index (Phi) is 3.92. The van der Waals surface area contributed by atoms with E-state index in [4.69, 9.17) is 5.73 Å². The third kappa shape index (κ3) is 4.98. The average Bonchev–Trinajstić information content (AvgIpc) is 1.99. The van der Waals surface area contributed by atoms with Crippen molar-refractivity contribution in [1.82, 2.24) is 0 Å². The van der Waals surface area contributed by atoms with Crippen LogP contribution in [-0.2, 0) is 6.42 Å². The minimum Gasteiger partial charge on any atom is -0.327 e. The van der Waals surface area contributed by atoms with Gasteiger partial charge >= 0.3 is 0 Å². The number of rotatable bonds is 3. The highest BCUT2D eigenvalue weighted by Crippen LogP contribution is 2.21. The first-order chi connectivity index (χ1) is 6.87. The number of hydrogen-bond acceptors (Lipinski definition) is 1. The lowest BCUT2D eigenvalue weighted by Gasteiger charge is -2.23. The molecule has 0 saturated heterocycles. The van der Waals surface area contributed by atoms with Gasteiger partial charge in [0.25, 0.3) is 0 Å². The van der Waals surface area contributed by atoms with Gasteiger partial charge in [0.15, 0.2) is 0 Å². The maximum Gasteiger partial charge on any atom is 0.00843 e. The normalized spacial score (nSPS) is 13.9. The van der Waals surface area contributed by atoms with Crippen molar-refractivity contribution in [3.05, 3.63) is 35.4 Å². The van der Waals surface area contributed by atoms with E-state index in [1.807, 2.05) is 0 Å². The largest absolute Gasteiger partial charge is 0.327 e. The lowest BCUT2D eigenvalue weighted by molar-refractivity contribution is 0.338. The molecule has 0 aliphatic heterocycles. The van der Waals surface area contributed by atoms with Crippen LogP contribution >= 0.6 is 0 Å². The predicted octanol–water partition coefficient (Wildman–Crippen LogP) is 3.30. The first-order valence-corrected chi connectivity index (χ1v) is 5.68. The molecule has 0 bridgehead atoms. The smallest absolute Gasteiger partial charge is 0.00843 e. The van der Waals surface area contributed by atoms with Crippen molar-refractivity contribution in [3.8, 4) is 0 Å². The van der Waals surface area contributed by atoms with Crippen LogP contribution < -0.4 is 5.73 Å². The molecule has 84 valence electrons. The van der Waals surface area contributed by atoms with Crippen molar-refractivity contribution < 1.29 is 0 Å². The first kappa shape index (κ1) is 12.3. The van der Waals surface area contributed by atoms with Gasteiger partial charge in [-0.1, -0.05) is 50.6 Å². The average molecular weight is 205 g/mol. The summed E-state index contributed by atoms with van der Waals surface area (Å²) in [5.41, 5.74) is 9.13. The van der Waals surface area contributed by atoms with Gasteiger partial charge in [-0.25, -0.2) is 0 Å². The van der Waals surface area contributed by atoms with E-state index in [-0.39, 0.29) is 6.04 Å². The van der Waals surface area contributed by atoms with Crippen LogP contribution in [0.2, 0.25) is 0 Å². The highest BCUT2D eigenvalue weighted by Gasteiger charge is 2.15. The van der Waals surface area contributed by atoms with E-state index in [9.17, 15) is 0 Å². The molecule has 1 heteroatoms. The molecule has 0 saturated carbocycles. The second-order valence-corrected chi connectivity index (χ2v) is 5.72. The molecule has 0 aliphatic carbocycles. The molecule has 1 atom stereocenters. The summed E-state index contributed by atoms with van der Waals surface area (Å²) in [7, 11) is 0. The zero-order valence-electron chi connectivity index (χ0n) is 10.4. The van der Waals surface area contributed by atoms with E-state index in [2.05, 4.69) is 52.0 Å². The summed E-state index contributed by atoms with van der Waals surface area (Å²) < 4.78 is 0. The first-order valence-electron chi connectivity index (χ1n) is 5.68. The standard InChI is InChI=1S/C14H23N/c1-11-6-5-7-12(8-11)9-13(15)10-14(2,3)4/h5-8,13H,9-10,15H2,1-4H3. The fraction of sp³-hybridized carbons (Fsp3) is 0.571. The molecule has 0 amide bonds. The number of aryl methyl sites for hydroxylation is 1. The third-order valence-corrected chi connectivity index (χ3v) is 2.45. The minimum absolute atomic E-state index is 0.270. The van der Waals surface area contributed by atoms with Gasteiger partial charge in [-0.15, -0.1) is 0 Å². The highest BCUT2D eigenvalue weighted by molar-refractivity contribution is 5.22. The van der Waals surface area contributed by atoms with Crippen molar-refractivity contribution in [2.75, 3.05) is 0 Å². The molecule has 0 spiro atoms. The van der Waals surface area contributed by atoms with Crippen molar-refractivity contribution in [1.29, 1.82) is 0 Å². The Bertz CT molecular complexity index is 309. The molecule has 15 heavy (non-hydrogen) atoms. The summed E-state index contributed by atoms with van der Waals surface area (Å²) >= 11 is 0. The Morgan fingerprint density at radius 2 is 1.93 bits per heavy atom. The number of benzene rings is 1. The Labute approximate surface area is 93.7 Å². The van der Waals surface area contributed by atoms with Crippen molar-refractivity contribution in [2.24, 2.45) is 11.1 Å². The van der Waals surface area contributed by atoms with Crippen LogP contribution in [0.3, 0.4) is 0 Å². The van der Waals surface area contributed by atoms with Gasteiger partial charge in [0.1, 0.15) is 0 Å². The molecular weight excluding hydrogens is 182 g/mol. The molecule has 0 fully saturated rings. The van der Waals surface area contributed by atoms with Crippen LogP contribution in [0.4, 0.5) is 0 Å². The topological polar surface area (TPSA) is 26.0 Å². The molecule has 0 aliphatic rings. The summed E-state index contributed by atoms with van der Waals surface area (Å²) in [5, 5.41) is 0. The zero-order chi connectivity index (χ0) is 11.5. The van der Waals surface area contributed by atoms with Crippen LogP contribution in [0.15, 0.2) is 24.3 Å². The Hall–Kier alpha value is -0.820. The predicted molar refractivity (Wildman–Crippen MR) is 66.9 cm³/mol. The van der Waals surface area contributed by atoms with Gasteiger partial charge < -0.3 is 5.73 Å². The van der Waals surface area contributed by atoms with Crippen molar-refractivity contribution in [2.45, 2.75) is 46.6 Å². The fourth-order valence-corrected chi connectivity index (χ4v) is 2.00. The van der Waals surface area contributed by atoms with E-state index < -0.39 is 0 Å². The van der Waals surface area contributed by atoms with E-state index in [0.717, 1.165) is 12.8 Å². The van der Waals surface area contributed by atoms with Crippen LogP contribution in [-0.4, -0.2) is 6.04 Å². The molecule has 0 aromatic heterocycles. The second-order valence-electron chi connectivity index (χ2n) is 5.72. The highest BCUT2D eigenvalue weighted by atomic mass is 14.6. The van der Waals surface area contributed by atoms with E-state index in [1.165, 1.54) is 11.1 Å². The fourth-order valence-electron chi connectivity index (χ4n) is 2.00. The van der Waals surface area contributed by atoms with E-state index in [0.29, 0.717) is 5.41 Å². The van der Waals surface area contributed by atoms with Crippen LogP contribution in [0.1, 0.15) is 38.3 Å². The molecule has 2 N–H and O–H groups in total. The van der Waals surface area contributed by atoms with Gasteiger partial charge in [-0.2, -0.15) is 0 Å². The molecule has 1 aromatic rings. The molecule has 1 rings (SSSR count). The molecule has 1 nitrogen and oxygen atoms in total. The van der Waals surface area contributed by atoms with E-state index in [1.54, 1.807) is 0 Å². The van der Waals surface area contributed by atoms with Gasteiger partial charge in [0, 0.05) is 6.04 Å². The summed E-state index contributed by atoms with van der Waals surface area (Å²) in [5.74, 6) is 0. The van der Waals surface area contributed by atoms with Crippen LogP contribution in [0, 0.1) is 12.3 Å². The van der Waals surface area contributed by atoms with Gasteiger partial charge in [0.05, 0.1) is 0 Å². The van der Waals surface area contributed by atoms with Crippen molar-refractivity contribution in [3.63, 3.8) is 0 Å². The summed E-state index contributed by atoms with van der Waals surface area (Å²) in [6, 6.07) is 8.89. The number of nitrogens with two attached hydrogens (primary N) is 1. The molecule has 0 radical (unpaired) electrons. The lowest BCUT2D eigenvalue weighted by Crippen LogP contribution is -2.28. The summed E-state index contributed by atoms with van der Waals surface area (Å²) in [6.45, 7) is 8.84. The SMILES string of the molecule is Cc1cccc(CC(N)CC(C)(C)C)c1. The van der Waals surface area contributed by atoms with E-state index >= 15 is 0 Å². The van der Waals surface area contributed by atoms with Gasteiger partial charge in [0.2, 0.25) is 0 Å². The second kappa shape index (κ2) is 4.80. The third-order valence-electron chi connectivity index (χ3n) is 2.45. The van der Waals surface area contributed by atoms with Crippen molar-refractivity contribution >= 4 is 0 Å². The lowest BCUT2D eigenvalue weighted by atomic mass is 9.86. The summed E-state index contributed by atoms with van der Waals surface area (Å²) in [4.78, 5) is 0. The molecule has 1 unspecified atom stereocenters. The monoisotopic (exact) mass is 205 g/mol. The minimum atomic E-state index is 0.270. The Morgan fingerprint density at radius 1 is 1.27 bits per heavy atom. The van der Waals surface area contributed by atoms with Gasteiger partial charge in [-0.3, -0.25) is 0 Å². The quantitative estimate of drug-likeness (QED) is 0.805. The van der Waals surface area contributed by atoms with Crippen LogP contribution in [0.25, 0.3) is 0 Å². The molecule has 0 heterocycles. The summed E-state index contributed by atoms with van der Waals surface area (Å²) in [6.07, 6.45) is 2.06. The number of hydrogen-bond donors (Lipinski definition) is 1. The zero-order valence-corrected chi connectivity index (χ0v) is 10.4. The van der Waals surface area contributed by atoms with Crippen LogP contribution in [0.5, 0.6) is 0 Å². The maximum absolute atomic E-state index is 6.14. The Morgan fingerprint density at radius 3 is 2.47 bits per heavy atom. The molecular formula is C14H23N. The maximum atomic E-state index is 6.14. The van der Waals surface area contributed by atoms with Gasteiger partial charge in [-0.05, 0) is 30.7 Å².